The summed E-state index contributed by atoms with van der Waals surface area (Å²) in [5.41, 5.74) is 5.25. The summed E-state index contributed by atoms with van der Waals surface area (Å²) in [6, 6.07) is 10.2. The highest BCUT2D eigenvalue weighted by molar-refractivity contribution is 5.98. The third kappa shape index (κ3) is 3.03. The molecule has 6 nitrogen and oxygen atoms in total. The van der Waals surface area contributed by atoms with E-state index in [1.807, 2.05) is 18.2 Å². The summed E-state index contributed by atoms with van der Waals surface area (Å²) >= 11 is 0. The van der Waals surface area contributed by atoms with Crippen LogP contribution in [0, 0.1) is 0 Å². The van der Waals surface area contributed by atoms with Crippen molar-refractivity contribution in [3.8, 4) is 0 Å². The van der Waals surface area contributed by atoms with E-state index in [0.717, 1.165) is 26.3 Å². The van der Waals surface area contributed by atoms with Gasteiger partial charge >= 0.3 is 0 Å². The van der Waals surface area contributed by atoms with Gasteiger partial charge in [0.25, 0.3) is 0 Å². The van der Waals surface area contributed by atoms with Crippen molar-refractivity contribution < 1.29 is 4.74 Å². The molecule has 1 aromatic carbocycles. The van der Waals surface area contributed by atoms with Crippen molar-refractivity contribution in [3.63, 3.8) is 0 Å². The number of rotatable bonds is 2. The zero-order valence-corrected chi connectivity index (χ0v) is 10.6. The van der Waals surface area contributed by atoms with Gasteiger partial charge in [0.2, 0.25) is 11.9 Å². The van der Waals surface area contributed by atoms with Crippen LogP contribution < -0.4 is 10.7 Å². The van der Waals surface area contributed by atoms with E-state index >= 15 is 0 Å². The maximum Gasteiger partial charge on any atom is 0.248 e. The Morgan fingerprint density at radius 2 is 1.95 bits per heavy atom. The molecule has 2 aliphatic rings. The summed E-state index contributed by atoms with van der Waals surface area (Å²) < 4.78 is 5.30. The van der Waals surface area contributed by atoms with Crippen molar-refractivity contribution in [1.82, 2.24) is 15.6 Å². The summed E-state index contributed by atoms with van der Waals surface area (Å²) in [7, 11) is 0. The van der Waals surface area contributed by atoms with Gasteiger partial charge in [0, 0.05) is 19.6 Å². The van der Waals surface area contributed by atoms with E-state index in [0.29, 0.717) is 18.5 Å². The number of guanidine groups is 2. The minimum atomic E-state index is 0.574. The molecule has 1 radical (unpaired) electrons. The number of hydrogen-bond donors (Lipinski definition) is 1. The van der Waals surface area contributed by atoms with Gasteiger partial charge in [-0.05, 0) is 5.56 Å². The Morgan fingerprint density at radius 3 is 2.74 bits per heavy atom. The van der Waals surface area contributed by atoms with Crippen LogP contribution in [0.15, 0.2) is 40.4 Å². The van der Waals surface area contributed by atoms with Gasteiger partial charge in [0.1, 0.15) is 0 Å². The van der Waals surface area contributed by atoms with E-state index in [1.54, 1.807) is 0 Å². The molecule has 99 valence electrons. The second-order valence-corrected chi connectivity index (χ2v) is 4.37. The number of nitrogens with zero attached hydrogens (tertiary/aromatic N) is 4. The Kier molecular flexibility index (Phi) is 3.60. The molecule has 1 fully saturated rings. The molecule has 3 rings (SSSR count). The van der Waals surface area contributed by atoms with Crippen molar-refractivity contribution in [2.24, 2.45) is 10.1 Å². The van der Waals surface area contributed by atoms with Crippen LogP contribution in [0.3, 0.4) is 0 Å². The van der Waals surface area contributed by atoms with Crippen molar-refractivity contribution in [3.05, 3.63) is 35.9 Å². The normalized spacial score (nSPS) is 18.6. The van der Waals surface area contributed by atoms with Gasteiger partial charge in [-0.15, -0.1) is 10.5 Å². The van der Waals surface area contributed by atoms with Gasteiger partial charge in [-0.1, -0.05) is 30.3 Å². The van der Waals surface area contributed by atoms with Crippen LogP contribution in [0.1, 0.15) is 5.56 Å². The first-order chi connectivity index (χ1) is 9.42. The number of hydrogen-bond acceptors (Lipinski definition) is 5. The van der Waals surface area contributed by atoms with Crippen LogP contribution in [-0.2, 0) is 11.3 Å². The van der Waals surface area contributed by atoms with Crippen molar-refractivity contribution in [2.45, 2.75) is 6.54 Å². The average molecular weight is 258 g/mol. The Morgan fingerprint density at radius 1 is 1.16 bits per heavy atom. The Labute approximate surface area is 112 Å². The molecule has 0 unspecified atom stereocenters. The highest BCUT2D eigenvalue weighted by Gasteiger charge is 2.20. The molecule has 0 spiro atoms. The lowest BCUT2D eigenvalue weighted by atomic mass is 10.2. The van der Waals surface area contributed by atoms with Gasteiger partial charge in [-0.3, -0.25) is 0 Å². The van der Waals surface area contributed by atoms with Crippen LogP contribution in [0.25, 0.3) is 0 Å². The predicted octanol–water partition coefficient (Wildman–Crippen LogP) is 0.353. The first-order valence-corrected chi connectivity index (χ1v) is 6.40. The maximum atomic E-state index is 5.30. The highest BCUT2D eigenvalue weighted by atomic mass is 16.5. The van der Waals surface area contributed by atoms with Crippen LogP contribution in [0.4, 0.5) is 0 Å². The molecule has 1 saturated heterocycles. The van der Waals surface area contributed by atoms with Crippen molar-refractivity contribution in [2.75, 3.05) is 26.3 Å². The average Bonchev–Trinajstić information content (AvgIpc) is 2.96. The smallest absolute Gasteiger partial charge is 0.248 e. The van der Waals surface area contributed by atoms with Gasteiger partial charge in [-0.2, -0.15) is 4.99 Å². The van der Waals surface area contributed by atoms with Gasteiger partial charge in [0.15, 0.2) is 0 Å². The lowest BCUT2D eigenvalue weighted by molar-refractivity contribution is 0.0676. The van der Waals surface area contributed by atoms with E-state index in [4.69, 9.17) is 4.74 Å². The summed E-state index contributed by atoms with van der Waals surface area (Å²) in [6.07, 6.45) is 0. The Bertz CT molecular complexity index is 479. The molecular weight excluding hydrogens is 242 g/mol. The summed E-state index contributed by atoms with van der Waals surface area (Å²) in [5.74, 6) is 1.25. The molecule has 0 bridgehead atoms. The molecule has 2 aliphatic heterocycles. The summed E-state index contributed by atoms with van der Waals surface area (Å²) in [6.45, 7) is 3.80. The van der Waals surface area contributed by atoms with Gasteiger partial charge < -0.3 is 15.0 Å². The van der Waals surface area contributed by atoms with E-state index in [-0.39, 0.29) is 0 Å². The molecule has 0 saturated carbocycles. The molecule has 0 aliphatic carbocycles. The Balaban J connectivity index is 1.53. The number of aliphatic imine (C=N–C) groups is 1. The van der Waals surface area contributed by atoms with Crippen molar-refractivity contribution in [1.29, 1.82) is 0 Å². The zero-order valence-electron chi connectivity index (χ0n) is 10.6. The molecule has 1 aromatic rings. The standard InChI is InChI=1S/C13H16N5O/c1-2-4-11(5-3-1)10-14-12-15-13(17-16-12)18-6-8-19-9-7-18/h1-5H,6-10H2,(H,14,15,17). The number of benzene rings is 1. The minimum absolute atomic E-state index is 0.574. The van der Waals surface area contributed by atoms with Gasteiger partial charge in [0.05, 0.1) is 13.2 Å². The van der Waals surface area contributed by atoms with E-state index in [1.165, 1.54) is 5.56 Å². The lowest BCUT2D eigenvalue weighted by Gasteiger charge is -2.25. The van der Waals surface area contributed by atoms with Crippen LogP contribution in [0.2, 0.25) is 0 Å². The Hall–Kier alpha value is -2.08. The fourth-order valence-electron chi connectivity index (χ4n) is 1.98. The monoisotopic (exact) mass is 258 g/mol. The summed E-state index contributed by atoms with van der Waals surface area (Å²) in [4.78, 5) is 6.47. The first-order valence-electron chi connectivity index (χ1n) is 6.40. The van der Waals surface area contributed by atoms with E-state index in [9.17, 15) is 0 Å². The molecule has 6 heteroatoms. The molecule has 0 aromatic heterocycles. The first kappa shape index (κ1) is 12.0. The largest absolute Gasteiger partial charge is 0.378 e. The summed E-state index contributed by atoms with van der Waals surface area (Å²) in [5, 5.41) is 7.28. The molecule has 0 amide bonds. The molecule has 2 heterocycles. The number of morpholine rings is 1. The van der Waals surface area contributed by atoms with E-state index < -0.39 is 0 Å². The third-order valence-corrected chi connectivity index (χ3v) is 3.03. The second-order valence-electron chi connectivity index (χ2n) is 4.37. The lowest BCUT2D eigenvalue weighted by Crippen LogP contribution is -2.39. The van der Waals surface area contributed by atoms with Gasteiger partial charge in [-0.25, -0.2) is 0 Å². The SMILES string of the molecule is c1ccc(CNC2=NC(N3CCOCC3)=N[N]2)cc1. The van der Waals surface area contributed by atoms with E-state index in [2.05, 4.69) is 37.9 Å². The number of nitrogens with one attached hydrogen (secondary N) is 1. The topological polar surface area (TPSA) is 63.3 Å². The van der Waals surface area contributed by atoms with Crippen LogP contribution in [-0.4, -0.2) is 43.1 Å². The molecule has 19 heavy (non-hydrogen) atoms. The van der Waals surface area contributed by atoms with Crippen molar-refractivity contribution >= 4 is 11.9 Å². The zero-order chi connectivity index (χ0) is 12.9. The molecule has 0 atom stereocenters. The molecular formula is C13H16N5O. The number of ether oxygens (including phenoxy) is 1. The van der Waals surface area contributed by atoms with Crippen LogP contribution in [0.5, 0.6) is 0 Å². The second kappa shape index (κ2) is 5.71. The maximum absolute atomic E-state index is 5.30. The third-order valence-electron chi connectivity index (χ3n) is 3.03. The molecule has 1 N–H and O–H groups in total. The fraction of sp³-hybridized carbons (Fsp3) is 0.385. The minimum Gasteiger partial charge on any atom is -0.378 e. The predicted molar refractivity (Wildman–Crippen MR) is 72.7 cm³/mol. The highest BCUT2D eigenvalue weighted by Crippen LogP contribution is 2.04. The van der Waals surface area contributed by atoms with Crippen LogP contribution >= 0.6 is 0 Å². The fourth-order valence-corrected chi connectivity index (χ4v) is 1.98. The quantitative estimate of drug-likeness (QED) is 0.832.